The minimum Gasteiger partial charge on any atom is -0.285 e. The van der Waals surface area contributed by atoms with E-state index in [2.05, 4.69) is 6.07 Å². The molecular weight excluding hydrogens is 288 g/mol. The van der Waals surface area contributed by atoms with Crippen molar-refractivity contribution < 1.29 is 12.6 Å². The maximum absolute atomic E-state index is 12.1. The Morgan fingerprint density at radius 2 is 2.05 bits per heavy atom. The normalized spacial score (nSPS) is 20.1. The van der Waals surface area contributed by atoms with Crippen LogP contribution in [0.2, 0.25) is 0 Å². The predicted molar refractivity (Wildman–Crippen MR) is 79.1 cm³/mol. The molecule has 1 atom stereocenters. The molecule has 0 spiro atoms. The van der Waals surface area contributed by atoms with Gasteiger partial charge in [0.15, 0.2) is 0 Å². The zero-order valence-corrected chi connectivity index (χ0v) is 13.0. The van der Waals surface area contributed by atoms with E-state index in [-0.39, 0.29) is 17.5 Å². The number of aryl methyl sites for hydroxylation is 1. The molecule has 0 saturated carbocycles. The lowest BCUT2D eigenvalue weighted by molar-refractivity contribution is 0.115. The zero-order chi connectivity index (χ0) is 15.3. The van der Waals surface area contributed by atoms with Gasteiger partial charge in [0.2, 0.25) is 0 Å². The fraction of sp³-hybridized carbons (Fsp3) is 0.533. The summed E-state index contributed by atoms with van der Waals surface area (Å²) in [5.74, 6) is 0. The molecule has 0 aromatic heterocycles. The van der Waals surface area contributed by atoms with E-state index in [4.69, 9.17) is 9.44 Å². The average Bonchev–Trinajstić information content (AvgIpc) is 2.47. The highest BCUT2D eigenvalue weighted by Gasteiger charge is 2.25. The van der Waals surface area contributed by atoms with Crippen LogP contribution in [0, 0.1) is 18.3 Å². The van der Waals surface area contributed by atoms with E-state index < -0.39 is 10.1 Å². The van der Waals surface area contributed by atoms with Gasteiger partial charge in [-0.05, 0) is 38.4 Å². The summed E-state index contributed by atoms with van der Waals surface area (Å²) in [6.45, 7) is 3.15. The molecule has 1 fully saturated rings. The SMILES string of the molecule is Cc1ccc(S(=O)(=O)OCC2CCCCN2CC#N)cc1. The van der Waals surface area contributed by atoms with Crippen molar-refractivity contribution in [1.29, 1.82) is 5.26 Å². The first-order valence-corrected chi connectivity index (χ1v) is 8.51. The van der Waals surface area contributed by atoms with Crippen molar-refractivity contribution in [3.8, 4) is 6.07 Å². The van der Waals surface area contributed by atoms with Gasteiger partial charge in [-0.3, -0.25) is 9.08 Å². The smallest absolute Gasteiger partial charge is 0.285 e. The Morgan fingerprint density at radius 3 is 2.71 bits per heavy atom. The second-order valence-electron chi connectivity index (χ2n) is 5.33. The maximum atomic E-state index is 12.1. The number of piperidine rings is 1. The summed E-state index contributed by atoms with van der Waals surface area (Å²) in [6.07, 6.45) is 2.95. The van der Waals surface area contributed by atoms with E-state index in [0.29, 0.717) is 6.54 Å². The van der Waals surface area contributed by atoms with Crippen LogP contribution in [0.3, 0.4) is 0 Å². The molecule has 114 valence electrons. The van der Waals surface area contributed by atoms with Crippen LogP contribution in [-0.4, -0.2) is 39.1 Å². The third-order valence-corrected chi connectivity index (χ3v) is 5.04. The van der Waals surface area contributed by atoms with Crippen LogP contribution in [0.1, 0.15) is 24.8 Å². The van der Waals surface area contributed by atoms with E-state index in [9.17, 15) is 8.42 Å². The van der Waals surface area contributed by atoms with Gasteiger partial charge in [0.05, 0.1) is 24.1 Å². The van der Waals surface area contributed by atoms with Gasteiger partial charge in [-0.15, -0.1) is 0 Å². The first-order chi connectivity index (χ1) is 10.0. The van der Waals surface area contributed by atoms with Gasteiger partial charge >= 0.3 is 0 Å². The molecule has 0 N–H and O–H groups in total. The van der Waals surface area contributed by atoms with Gasteiger partial charge in [-0.1, -0.05) is 24.1 Å². The summed E-state index contributed by atoms with van der Waals surface area (Å²) in [7, 11) is -3.72. The summed E-state index contributed by atoms with van der Waals surface area (Å²) in [4.78, 5) is 2.17. The fourth-order valence-electron chi connectivity index (χ4n) is 2.49. The van der Waals surface area contributed by atoms with Gasteiger partial charge in [0.25, 0.3) is 10.1 Å². The zero-order valence-electron chi connectivity index (χ0n) is 12.2. The predicted octanol–water partition coefficient (Wildman–Crippen LogP) is 2.08. The molecule has 6 heteroatoms. The van der Waals surface area contributed by atoms with Gasteiger partial charge < -0.3 is 0 Å². The van der Waals surface area contributed by atoms with Crippen LogP contribution in [-0.2, 0) is 14.3 Å². The molecule has 1 aliphatic rings. The molecule has 1 aromatic carbocycles. The quantitative estimate of drug-likeness (QED) is 0.615. The molecule has 0 bridgehead atoms. The summed E-state index contributed by atoms with van der Waals surface area (Å²) >= 11 is 0. The van der Waals surface area contributed by atoms with Crippen molar-refractivity contribution in [2.75, 3.05) is 19.7 Å². The summed E-state index contributed by atoms with van der Waals surface area (Å²) in [5, 5.41) is 8.82. The lowest BCUT2D eigenvalue weighted by Crippen LogP contribution is -2.42. The third-order valence-electron chi connectivity index (χ3n) is 3.75. The molecular formula is C15H20N2O3S. The van der Waals surface area contributed by atoms with Gasteiger partial charge in [-0.2, -0.15) is 13.7 Å². The molecule has 0 radical (unpaired) electrons. The van der Waals surface area contributed by atoms with Crippen molar-refractivity contribution >= 4 is 10.1 Å². The van der Waals surface area contributed by atoms with E-state index in [1.54, 1.807) is 24.3 Å². The molecule has 21 heavy (non-hydrogen) atoms. The largest absolute Gasteiger partial charge is 0.297 e. The van der Waals surface area contributed by atoms with Crippen LogP contribution in [0.15, 0.2) is 29.2 Å². The minimum atomic E-state index is -3.72. The number of rotatable bonds is 5. The Bertz CT molecular complexity index is 605. The van der Waals surface area contributed by atoms with Crippen LogP contribution in [0.5, 0.6) is 0 Å². The Hall–Kier alpha value is -1.42. The van der Waals surface area contributed by atoms with Crippen molar-refractivity contribution in [2.45, 2.75) is 37.1 Å². The third kappa shape index (κ3) is 4.27. The maximum Gasteiger partial charge on any atom is 0.297 e. The Labute approximate surface area is 126 Å². The van der Waals surface area contributed by atoms with Crippen molar-refractivity contribution in [3.63, 3.8) is 0 Å². The molecule has 1 heterocycles. The van der Waals surface area contributed by atoms with Crippen LogP contribution in [0.4, 0.5) is 0 Å². The molecule has 1 aromatic rings. The fourth-order valence-corrected chi connectivity index (χ4v) is 3.43. The van der Waals surface area contributed by atoms with Crippen molar-refractivity contribution in [1.82, 2.24) is 4.90 Å². The lowest BCUT2D eigenvalue weighted by atomic mass is 10.0. The molecule has 1 unspecified atom stereocenters. The number of nitrogens with zero attached hydrogens (tertiary/aromatic N) is 2. The molecule has 1 aliphatic heterocycles. The molecule has 5 nitrogen and oxygen atoms in total. The summed E-state index contributed by atoms with van der Waals surface area (Å²) in [6, 6.07) is 8.73. The Balaban J connectivity index is 2.00. The lowest BCUT2D eigenvalue weighted by Gasteiger charge is -2.33. The first-order valence-electron chi connectivity index (χ1n) is 7.10. The van der Waals surface area contributed by atoms with Gasteiger partial charge in [-0.25, -0.2) is 0 Å². The Kier molecular flexibility index (Phi) is 5.34. The van der Waals surface area contributed by atoms with E-state index >= 15 is 0 Å². The number of benzene rings is 1. The average molecular weight is 308 g/mol. The van der Waals surface area contributed by atoms with Crippen molar-refractivity contribution in [2.24, 2.45) is 0 Å². The number of hydrogen-bond donors (Lipinski definition) is 0. The summed E-state index contributed by atoms with van der Waals surface area (Å²) in [5.41, 5.74) is 1.00. The second-order valence-corrected chi connectivity index (χ2v) is 6.95. The van der Waals surface area contributed by atoms with Crippen LogP contribution < -0.4 is 0 Å². The number of likely N-dealkylation sites (tertiary alicyclic amines) is 1. The van der Waals surface area contributed by atoms with Crippen LogP contribution >= 0.6 is 0 Å². The molecule has 0 amide bonds. The highest BCUT2D eigenvalue weighted by molar-refractivity contribution is 7.86. The minimum absolute atomic E-state index is 0.00127. The van der Waals surface area contributed by atoms with E-state index in [0.717, 1.165) is 31.4 Å². The molecule has 0 aliphatic carbocycles. The van der Waals surface area contributed by atoms with E-state index in [1.165, 1.54) is 0 Å². The number of nitriles is 1. The molecule has 1 saturated heterocycles. The second kappa shape index (κ2) is 7.03. The highest BCUT2D eigenvalue weighted by Crippen LogP contribution is 2.19. The summed E-state index contributed by atoms with van der Waals surface area (Å²) < 4.78 is 29.5. The van der Waals surface area contributed by atoms with Crippen molar-refractivity contribution in [3.05, 3.63) is 29.8 Å². The highest BCUT2D eigenvalue weighted by atomic mass is 32.2. The molecule has 2 rings (SSSR count). The topological polar surface area (TPSA) is 70.4 Å². The van der Waals surface area contributed by atoms with Crippen LogP contribution in [0.25, 0.3) is 0 Å². The monoisotopic (exact) mass is 308 g/mol. The Morgan fingerprint density at radius 1 is 1.33 bits per heavy atom. The number of hydrogen-bond acceptors (Lipinski definition) is 5. The first kappa shape index (κ1) is 16.0. The standard InChI is InChI=1S/C15H20N2O3S/c1-13-5-7-15(8-6-13)21(18,19)20-12-14-4-2-3-10-17(14)11-9-16/h5-8,14H,2-4,10-12H2,1H3. The van der Waals surface area contributed by atoms with E-state index in [1.807, 2.05) is 11.8 Å². The van der Waals surface area contributed by atoms with Gasteiger partial charge in [0.1, 0.15) is 0 Å². The van der Waals surface area contributed by atoms with Gasteiger partial charge in [0, 0.05) is 6.04 Å².